The van der Waals surface area contributed by atoms with Crippen LogP contribution in [0, 0.1) is 0 Å². The smallest absolute Gasteiger partial charge is 0.191 e. The Morgan fingerprint density at radius 2 is 1.92 bits per heavy atom. The van der Waals surface area contributed by atoms with Crippen molar-refractivity contribution >= 4 is 17.5 Å². The highest BCUT2D eigenvalue weighted by Crippen LogP contribution is 2.20. The minimum atomic E-state index is 0.0384. The number of ketones is 1. The zero-order valence-corrected chi connectivity index (χ0v) is 15.0. The van der Waals surface area contributed by atoms with E-state index in [1.54, 1.807) is 19.2 Å². The van der Waals surface area contributed by atoms with Crippen LogP contribution in [0.25, 0.3) is 0 Å². The summed E-state index contributed by atoms with van der Waals surface area (Å²) in [5.41, 5.74) is 1.82. The maximum Gasteiger partial charge on any atom is 0.191 e. The van der Waals surface area contributed by atoms with Gasteiger partial charge in [-0.05, 0) is 17.7 Å². The molecule has 1 heterocycles. The number of hydrogen-bond donors (Lipinski definition) is 0. The molecule has 0 N–H and O–H groups in total. The number of ether oxygens (including phenoxy) is 1. The number of carbonyl (C=O) groups excluding carboxylic acids is 1. The molecule has 0 fully saturated rings. The lowest BCUT2D eigenvalue weighted by Crippen LogP contribution is -2.05. The first kappa shape index (κ1) is 17.2. The molecule has 25 heavy (non-hydrogen) atoms. The Labute approximate surface area is 151 Å². The van der Waals surface area contributed by atoms with Gasteiger partial charge < -0.3 is 9.30 Å². The molecule has 1 aromatic heterocycles. The van der Waals surface area contributed by atoms with Crippen molar-refractivity contribution < 1.29 is 9.53 Å². The third-order valence-corrected chi connectivity index (χ3v) is 4.87. The summed E-state index contributed by atoms with van der Waals surface area (Å²) in [7, 11) is 3.52. The van der Waals surface area contributed by atoms with Crippen molar-refractivity contribution in [3.8, 4) is 5.75 Å². The Balaban J connectivity index is 1.64. The second kappa shape index (κ2) is 7.98. The molecule has 0 bridgehead atoms. The molecule has 0 unspecified atom stereocenters. The number of benzene rings is 2. The number of rotatable bonds is 7. The second-order valence-corrected chi connectivity index (χ2v) is 6.51. The zero-order valence-electron chi connectivity index (χ0n) is 14.2. The molecule has 0 saturated carbocycles. The summed E-state index contributed by atoms with van der Waals surface area (Å²) >= 11 is 1.39. The Morgan fingerprint density at radius 1 is 1.12 bits per heavy atom. The van der Waals surface area contributed by atoms with Gasteiger partial charge >= 0.3 is 0 Å². The molecule has 0 aliphatic heterocycles. The van der Waals surface area contributed by atoms with Crippen molar-refractivity contribution in [3.05, 3.63) is 71.5 Å². The maximum absolute atomic E-state index is 12.4. The summed E-state index contributed by atoms with van der Waals surface area (Å²) in [6.07, 6.45) is 0.717. The van der Waals surface area contributed by atoms with Crippen LogP contribution in [0.5, 0.6) is 5.75 Å². The molecule has 0 aliphatic rings. The molecule has 0 spiro atoms. The first-order valence-electron chi connectivity index (χ1n) is 7.89. The third-order valence-electron chi connectivity index (χ3n) is 3.85. The number of Topliss-reactive ketones (excluding diaryl/α,β-unsaturated/α-hetero) is 1. The maximum atomic E-state index is 12.4. The van der Waals surface area contributed by atoms with Crippen LogP contribution in [0.4, 0.5) is 0 Å². The number of carbonyl (C=O) groups is 1. The summed E-state index contributed by atoms with van der Waals surface area (Å²) in [5, 5.41) is 9.20. The highest BCUT2D eigenvalue weighted by atomic mass is 32.2. The summed E-state index contributed by atoms with van der Waals surface area (Å²) < 4.78 is 7.10. The van der Waals surface area contributed by atoms with E-state index in [0.29, 0.717) is 23.5 Å². The molecular weight excluding hydrogens is 334 g/mol. The fourth-order valence-electron chi connectivity index (χ4n) is 2.41. The van der Waals surface area contributed by atoms with E-state index in [4.69, 9.17) is 4.74 Å². The van der Waals surface area contributed by atoms with E-state index in [-0.39, 0.29) is 5.78 Å². The van der Waals surface area contributed by atoms with Crippen LogP contribution >= 0.6 is 11.8 Å². The van der Waals surface area contributed by atoms with Crippen LogP contribution in [0.3, 0.4) is 0 Å². The van der Waals surface area contributed by atoms with Crippen LogP contribution < -0.4 is 4.74 Å². The van der Waals surface area contributed by atoms with Crippen molar-refractivity contribution in [2.75, 3.05) is 12.9 Å². The molecule has 6 heteroatoms. The average molecular weight is 353 g/mol. The van der Waals surface area contributed by atoms with Crippen LogP contribution in [-0.4, -0.2) is 33.4 Å². The zero-order chi connectivity index (χ0) is 17.6. The van der Waals surface area contributed by atoms with E-state index >= 15 is 0 Å². The Hall–Kier alpha value is -2.60. The van der Waals surface area contributed by atoms with Gasteiger partial charge in [-0.25, -0.2) is 0 Å². The first-order valence-corrected chi connectivity index (χ1v) is 8.88. The summed E-state index contributed by atoms with van der Waals surface area (Å²) in [6.45, 7) is 0. The fraction of sp³-hybridized carbons (Fsp3) is 0.211. The minimum Gasteiger partial charge on any atom is -0.497 e. The summed E-state index contributed by atoms with van der Waals surface area (Å²) in [6, 6.07) is 17.3. The van der Waals surface area contributed by atoms with Crippen molar-refractivity contribution in [3.63, 3.8) is 0 Å². The standard InChI is InChI=1S/C19H19N3O2S/c1-22-18(11-14-7-4-3-5-8-14)20-21-19(22)25-13-17(23)15-9-6-10-16(12-15)24-2/h3-10,12H,11,13H2,1-2H3. The van der Waals surface area contributed by atoms with Gasteiger partial charge in [0.05, 0.1) is 12.9 Å². The molecule has 0 radical (unpaired) electrons. The van der Waals surface area contributed by atoms with Gasteiger partial charge in [0, 0.05) is 19.0 Å². The number of methoxy groups -OCH3 is 1. The van der Waals surface area contributed by atoms with Gasteiger partial charge in [-0.2, -0.15) is 0 Å². The van der Waals surface area contributed by atoms with E-state index in [1.165, 1.54) is 17.3 Å². The van der Waals surface area contributed by atoms with Gasteiger partial charge in [0.25, 0.3) is 0 Å². The Morgan fingerprint density at radius 3 is 2.68 bits per heavy atom. The number of hydrogen-bond acceptors (Lipinski definition) is 5. The molecule has 0 atom stereocenters. The van der Waals surface area contributed by atoms with E-state index in [0.717, 1.165) is 11.0 Å². The van der Waals surface area contributed by atoms with Gasteiger partial charge in [0.2, 0.25) is 0 Å². The molecule has 2 aromatic carbocycles. The van der Waals surface area contributed by atoms with Gasteiger partial charge in [-0.15, -0.1) is 10.2 Å². The number of nitrogens with zero attached hydrogens (tertiary/aromatic N) is 3. The minimum absolute atomic E-state index is 0.0384. The summed E-state index contributed by atoms with van der Waals surface area (Å²) in [5.74, 6) is 1.91. The SMILES string of the molecule is COc1cccc(C(=O)CSc2nnc(Cc3ccccc3)n2C)c1. The molecule has 5 nitrogen and oxygen atoms in total. The predicted molar refractivity (Wildman–Crippen MR) is 98.3 cm³/mol. The van der Waals surface area contributed by atoms with Crippen molar-refractivity contribution in [1.29, 1.82) is 0 Å². The largest absolute Gasteiger partial charge is 0.497 e. The highest BCUT2D eigenvalue weighted by Gasteiger charge is 2.13. The lowest BCUT2D eigenvalue weighted by molar-refractivity contribution is 0.102. The van der Waals surface area contributed by atoms with Crippen molar-refractivity contribution in [2.45, 2.75) is 11.6 Å². The number of aromatic nitrogens is 3. The fourth-order valence-corrected chi connectivity index (χ4v) is 3.24. The molecule has 3 rings (SSSR count). The van der Waals surface area contributed by atoms with Crippen molar-refractivity contribution in [2.24, 2.45) is 7.05 Å². The van der Waals surface area contributed by atoms with Gasteiger partial charge in [0.1, 0.15) is 11.6 Å². The van der Waals surface area contributed by atoms with Crippen LogP contribution in [-0.2, 0) is 13.5 Å². The average Bonchev–Trinajstić information content (AvgIpc) is 3.00. The topological polar surface area (TPSA) is 57.0 Å². The summed E-state index contributed by atoms with van der Waals surface area (Å²) in [4.78, 5) is 12.4. The van der Waals surface area contributed by atoms with Gasteiger partial charge in [0.15, 0.2) is 10.9 Å². The van der Waals surface area contributed by atoms with Crippen LogP contribution in [0.15, 0.2) is 59.8 Å². The molecule has 3 aromatic rings. The lowest BCUT2D eigenvalue weighted by Gasteiger charge is -2.05. The van der Waals surface area contributed by atoms with Crippen molar-refractivity contribution in [1.82, 2.24) is 14.8 Å². The van der Waals surface area contributed by atoms with Crippen LogP contribution in [0.1, 0.15) is 21.7 Å². The van der Waals surface area contributed by atoms with E-state index in [9.17, 15) is 4.79 Å². The molecule has 0 amide bonds. The molecule has 128 valence electrons. The van der Waals surface area contributed by atoms with Gasteiger partial charge in [-0.1, -0.05) is 54.2 Å². The van der Waals surface area contributed by atoms with E-state index in [2.05, 4.69) is 22.3 Å². The molecule has 0 aliphatic carbocycles. The molecule has 0 saturated heterocycles. The first-order chi connectivity index (χ1) is 12.2. The lowest BCUT2D eigenvalue weighted by atomic mass is 10.1. The van der Waals surface area contributed by atoms with Gasteiger partial charge in [-0.3, -0.25) is 4.79 Å². The number of thioether (sulfide) groups is 1. The second-order valence-electron chi connectivity index (χ2n) is 5.56. The van der Waals surface area contributed by atoms with E-state index < -0.39 is 0 Å². The third kappa shape index (κ3) is 4.28. The highest BCUT2D eigenvalue weighted by molar-refractivity contribution is 7.99. The Kier molecular flexibility index (Phi) is 5.50. The molecular formula is C19H19N3O2S. The Bertz CT molecular complexity index is 862. The normalized spacial score (nSPS) is 10.6. The van der Waals surface area contributed by atoms with E-state index in [1.807, 2.05) is 41.9 Å². The monoisotopic (exact) mass is 353 g/mol. The predicted octanol–water partition coefficient (Wildman–Crippen LogP) is 3.39. The quantitative estimate of drug-likeness (QED) is 0.481. The van der Waals surface area contributed by atoms with Crippen LogP contribution in [0.2, 0.25) is 0 Å².